The summed E-state index contributed by atoms with van der Waals surface area (Å²) < 4.78 is 0. The highest BCUT2D eigenvalue weighted by molar-refractivity contribution is 5.90. The number of benzene rings is 1. The third kappa shape index (κ3) is 2.25. The molecule has 0 spiro atoms. The van der Waals surface area contributed by atoms with E-state index in [-0.39, 0.29) is 6.04 Å². The lowest BCUT2D eigenvalue weighted by Gasteiger charge is -2.31. The van der Waals surface area contributed by atoms with E-state index in [2.05, 4.69) is 29.5 Å². The summed E-state index contributed by atoms with van der Waals surface area (Å²) in [6.07, 6.45) is 3.04. The van der Waals surface area contributed by atoms with Crippen LogP contribution < -0.4 is 5.32 Å². The van der Waals surface area contributed by atoms with Crippen molar-refractivity contribution in [3.8, 4) is 0 Å². The number of rotatable bonds is 2. The molecular weight excluding hydrogens is 200 g/mol. The van der Waals surface area contributed by atoms with Gasteiger partial charge < -0.3 is 10.5 Å². The van der Waals surface area contributed by atoms with Crippen LogP contribution in [0.3, 0.4) is 0 Å². The van der Waals surface area contributed by atoms with Crippen molar-refractivity contribution in [1.82, 2.24) is 5.32 Å². The van der Waals surface area contributed by atoms with E-state index in [0.29, 0.717) is 6.04 Å². The van der Waals surface area contributed by atoms with Gasteiger partial charge in [0.1, 0.15) is 0 Å². The molecule has 3 heteroatoms. The minimum absolute atomic E-state index is 0.0740. The van der Waals surface area contributed by atoms with Gasteiger partial charge in [0.15, 0.2) is 0 Å². The maximum absolute atomic E-state index is 9.03. The molecule has 1 aliphatic heterocycles. The molecule has 1 aromatic carbocycles. The standard InChI is InChI=1S/C13H18N2O/c1-2-11-8-9-12(15-16)13(14-11)10-6-4-3-5-7-10/h3-7,11,13-14,16H,2,8-9H2,1H3/b15-12+/t11-,13-/m0/s1. The van der Waals surface area contributed by atoms with Crippen LogP contribution in [0.4, 0.5) is 0 Å². The van der Waals surface area contributed by atoms with Gasteiger partial charge in [-0.1, -0.05) is 42.4 Å². The number of hydrogen-bond acceptors (Lipinski definition) is 3. The second-order valence-electron chi connectivity index (χ2n) is 4.25. The zero-order valence-corrected chi connectivity index (χ0v) is 9.56. The molecule has 1 saturated heterocycles. The highest BCUT2D eigenvalue weighted by atomic mass is 16.4. The smallest absolute Gasteiger partial charge is 0.0785 e. The third-order valence-corrected chi connectivity index (χ3v) is 3.24. The summed E-state index contributed by atoms with van der Waals surface area (Å²) in [6, 6.07) is 10.8. The van der Waals surface area contributed by atoms with E-state index < -0.39 is 0 Å². The van der Waals surface area contributed by atoms with Crippen molar-refractivity contribution in [1.29, 1.82) is 0 Å². The van der Waals surface area contributed by atoms with Gasteiger partial charge in [-0.15, -0.1) is 0 Å². The van der Waals surface area contributed by atoms with E-state index in [1.807, 2.05) is 18.2 Å². The number of piperidine rings is 1. The van der Waals surface area contributed by atoms with Gasteiger partial charge >= 0.3 is 0 Å². The Balaban J connectivity index is 2.22. The molecule has 2 rings (SSSR count). The highest BCUT2D eigenvalue weighted by Crippen LogP contribution is 2.24. The third-order valence-electron chi connectivity index (χ3n) is 3.24. The summed E-state index contributed by atoms with van der Waals surface area (Å²) in [7, 11) is 0. The Hall–Kier alpha value is -1.35. The summed E-state index contributed by atoms with van der Waals surface area (Å²) in [5.41, 5.74) is 2.02. The summed E-state index contributed by atoms with van der Waals surface area (Å²) in [4.78, 5) is 0. The Morgan fingerprint density at radius 2 is 2.12 bits per heavy atom. The zero-order chi connectivity index (χ0) is 11.4. The fraction of sp³-hybridized carbons (Fsp3) is 0.462. The average molecular weight is 218 g/mol. The SMILES string of the molecule is CC[C@H]1CC/C(=N\O)[C@H](c2ccccc2)N1. The predicted molar refractivity (Wildman–Crippen MR) is 64.9 cm³/mol. The second-order valence-corrected chi connectivity index (χ2v) is 4.25. The molecule has 0 radical (unpaired) electrons. The highest BCUT2D eigenvalue weighted by Gasteiger charge is 2.26. The fourth-order valence-electron chi connectivity index (χ4n) is 2.25. The molecule has 16 heavy (non-hydrogen) atoms. The van der Waals surface area contributed by atoms with Crippen molar-refractivity contribution < 1.29 is 5.21 Å². The average Bonchev–Trinajstić information content (AvgIpc) is 2.39. The first-order valence-corrected chi connectivity index (χ1v) is 5.87. The number of nitrogens with one attached hydrogen (secondary N) is 1. The summed E-state index contributed by atoms with van der Waals surface area (Å²) in [6.45, 7) is 2.18. The van der Waals surface area contributed by atoms with Crippen LogP contribution in [-0.4, -0.2) is 17.0 Å². The van der Waals surface area contributed by atoms with Crippen molar-refractivity contribution in [2.75, 3.05) is 0 Å². The molecule has 86 valence electrons. The Bertz CT molecular complexity index is 361. The molecule has 1 aromatic rings. The first-order valence-electron chi connectivity index (χ1n) is 5.87. The molecular formula is C13H18N2O. The molecule has 0 saturated carbocycles. The largest absolute Gasteiger partial charge is 0.411 e. The summed E-state index contributed by atoms with van der Waals surface area (Å²) in [5.74, 6) is 0. The van der Waals surface area contributed by atoms with Crippen LogP contribution in [0.2, 0.25) is 0 Å². The molecule has 1 heterocycles. The van der Waals surface area contributed by atoms with Crippen molar-refractivity contribution in [3.63, 3.8) is 0 Å². The summed E-state index contributed by atoms with van der Waals surface area (Å²) in [5, 5.41) is 16.0. The van der Waals surface area contributed by atoms with E-state index in [0.717, 1.165) is 25.0 Å². The lowest BCUT2D eigenvalue weighted by Crippen LogP contribution is -2.41. The molecule has 2 atom stereocenters. The molecule has 1 aliphatic rings. The number of nitrogens with zero attached hydrogens (tertiary/aromatic N) is 1. The van der Waals surface area contributed by atoms with Gasteiger partial charge in [0.25, 0.3) is 0 Å². The first-order chi connectivity index (χ1) is 7.85. The molecule has 3 nitrogen and oxygen atoms in total. The molecule has 0 bridgehead atoms. The molecule has 0 amide bonds. The van der Waals surface area contributed by atoms with Gasteiger partial charge in [-0.3, -0.25) is 0 Å². The fourth-order valence-corrected chi connectivity index (χ4v) is 2.25. The van der Waals surface area contributed by atoms with Crippen molar-refractivity contribution in [3.05, 3.63) is 35.9 Å². The lowest BCUT2D eigenvalue weighted by molar-refractivity contribution is 0.306. The Morgan fingerprint density at radius 1 is 1.38 bits per heavy atom. The molecule has 2 N–H and O–H groups in total. The van der Waals surface area contributed by atoms with E-state index in [9.17, 15) is 0 Å². The van der Waals surface area contributed by atoms with Gasteiger partial charge in [-0.05, 0) is 24.8 Å². The minimum atomic E-state index is 0.0740. The molecule has 1 fully saturated rings. The Labute approximate surface area is 96.2 Å². The number of oxime groups is 1. The Kier molecular flexibility index (Phi) is 3.57. The van der Waals surface area contributed by atoms with Crippen molar-refractivity contribution in [2.45, 2.75) is 38.3 Å². The maximum Gasteiger partial charge on any atom is 0.0785 e. The second kappa shape index (κ2) is 5.12. The first kappa shape index (κ1) is 11.1. The van der Waals surface area contributed by atoms with Crippen LogP contribution in [0.5, 0.6) is 0 Å². The number of hydrogen-bond donors (Lipinski definition) is 2. The summed E-state index contributed by atoms with van der Waals surface area (Å²) >= 11 is 0. The van der Waals surface area contributed by atoms with Crippen LogP contribution in [0.25, 0.3) is 0 Å². The van der Waals surface area contributed by atoms with Crippen LogP contribution >= 0.6 is 0 Å². The topological polar surface area (TPSA) is 44.6 Å². The van der Waals surface area contributed by atoms with Crippen molar-refractivity contribution in [2.24, 2.45) is 5.16 Å². The van der Waals surface area contributed by atoms with Crippen molar-refractivity contribution >= 4 is 5.71 Å². The van der Waals surface area contributed by atoms with E-state index >= 15 is 0 Å². The minimum Gasteiger partial charge on any atom is -0.411 e. The van der Waals surface area contributed by atoms with E-state index in [1.54, 1.807) is 0 Å². The predicted octanol–water partition coefficient (Wildman–Crippen LogP) is 2.72. The van der Waals surface area contributed by atoms with Gasteiger partial charge in [-0.25, -0.2) is 0 Å². The van der Waals surface area contributed by atoms with Crippen LogP contribution in [0, 0.1) is 0 Å². The van der Waals surface area contributed by atoms with Crippen LogP contribution in [0.1, 0.15) is 37.8 Å². The van der Waals surface area contributed by atoms with Gasteiger partial charge in [0, 0.05) is 6.04 Å². The maximum atomic E-state index is 9.03. The normalized spacial score (nSPS) is 28.2. The zero-order valence-electron chi connectivity index (χ0n) is 9.56. The molecule has 0 aromatic heterocycles. The van der Waals surface area contributed by atoms with Crippen LogP contribution in [-0.2, 0) is 0 Å². The molecule has 0 aliphatic carbocycles. The van der Waals surface area contributed by atoms with Crippen LogP contribution in [0.15, 0.2) is 35.5 Å². The molecule has 0 unspecified atom stereocenters. The van der Waals surface area contributed by atoms with E-state index in [4.69, 9.17) is 5.21 Å². The van der Waals surface area contributed by atoms with Gasteiger partial charge in [0.05, 0.1) is 11.8 Å². The quantitative estimate of drug-likeness (QED) is 0.592. The van der Waals surface area contributed by atoms with Gasteiger partial charge in [-0.2, -0.15) is 0 Å². The lowest BCUT2D eigenvalue weighted by atomic mass is 9.91. The Morgan fingerprint density at radius 3 is 2.75 bits per heavy atom. The van der Waals surface area contributed by atoms with Gasteiger partial charge in [0.2, 0.25) is 0 Å². The monoisotopic (exact) mass is 218 g/mol. The van der Waals surface area contributed by atoms with E-state index in [1.165, 1.54) is 5.56 Å².